The fourth-order valence-corrected chi connectivity index (χ4v) is 4.55. The Morgan fingerprint density at radius 3 is 2.25 bits per heavy atom. The molecule has 3 aromatic carbocycles. The van der Waals surface area contributed by atoms with Crippen molar-refractivity contribution in [1.82, 2.24) is 9.55 Å². The second-order valence-electron chi connectivity index (χ2n) is 7.38. The maximum atomic E-state index is 13.3. The van der Waals surface area contributed by atoms with E-state index in [0.717, 1.165) is 16.7 Å². The third-order valence-electron chi connectivity index (χ3n) is 5.34. The first-order valence-corrected chi connectivity index (χ1v) is 10.9. The van der Waals surface area contributed by atoms with E-state index in [4.69, 9.17) is 0 Å². The van der Waals surface area contributed by atoms with Gasteiger partial charge in [0.2, 0.25) is 0 Å². The maximum absolute atomic E-state index is 13.3. The minimum Gasteiger partial charge on any atom is -0.292 e. The van der Waals surface area contributed by atoms with Crippen molar-refractivity contribution in [2.24, 2.45) is 0 Å². The zero-order valence-electron chi connectivity index (χ0n) is 16.9. The summed E-state index contributed by atoms with van der Waals surface area (Å²) in [7, 11) is 0. The normalized spacial score (nSPS) is 11.0. The number of halogens is 1. The minimum absolute atomic E-state index is 0.106. The first-order chi connectivity index (χ1) is 15.6. The molecular formula is C26H17FN2O2S. The van der Waals surface area contributed by atoms with Gasteiger partial charge in [0.15, 0.2) is 5.78 Å². The predicted molar refractivity (Wildman–Crippen MR) is 125 cm³/mol. The number of rotatable bonds is 5. The Hall–Kier alpha value is -3.90. The molecule has 2 heterocycles. The summed E-state index contributed by atoms with van der Waals surface area (Å²) < 4.78 is 14.6. The van der Waals surface area contributed by atoms with Gasteiger partial charge in [0, 0.05) is 16.5 Å². The van der Waals surface area contributed by atoms with Crippen molar-refractivity contribution in [2.75, 3.05) is 0 Å². The largest absolute Gasteiger partial charge is 0.292 e. The SMILES string of the molecule is O=C(Cn1cnc2scc(-c3ccc(F)cc3)c2c1=O)c1ccc(-c2ccccc2)cc1. The van der Waals surface area contributed by atoms with Gasteiger partial charge >= 0.3 is 0 Å². The number of hydrogen-bond donors (Lipinski definition) is 0. The number of hydrogen-bond acceptors (Lipinski definition) is 4. The number of Topliss-reactive ketones (excluding diaryl/α,β-unsaturated/α-hetero) is 1. The molecule has 0 fully saturated rings. The molecule has 0 atom stereocenters. The highest BCUT2D eigenvalue weighted by Gasteiger charge is 2.15. The molecule has 5 rings (SSSR count). The second-order valence-corrected chi connectivity index (χ2v) is 8.24. The van der Waals surface area contributed by atoms with Crippen LogP contribution in [0.1, 0.15) is 10.4 Å². The highest BCUT2D eigenvalue weighted by atomic mass is 32.1. The van der Waals surface area contributed by atoms with Crippen LogP contribution < -0.4 is 5.56 Å². The van der Waals surface area contributed by atoms with Gasteiger partial charge in [-0.05, 0) is 28.8 Å². The number of ketones is 1. The smallest absolute Gasteiger partial charge is 0.263 e. The van der Waals surface area contributed by atoms with Crippen molar-refractivity contribution >= 4 is 27.3 Å². The lowest BCUT2D eigenvalue weighted by Crippen LogP contribution is -2.24. The summed E-state index contributed by atoms with van der Waals surface area (Å²) in [5, 5.41) is 2.28. The van der Waals surface area contributed by atoms with E-state index >= 15 is 0 Å². The van der Waals surface area contributed by atoms with Crippen LogP contribution >= 0.6 is 11.3 Å². The van der Waals surface area contributed by atoms with Crippen LogP contribution in [0.25, 0.3) is 32.5 Å². The molecule has 0 aliphatic heterocycles. The number of aromatic nitrogens is 2. The van der Waals surface area contributed by atoms with Crippen LogP contribution in [0.3, 0.4) is 0 Å². The van der Waals surface area contributed by atoms with Gasteiger partial charge in [-0.2, -0.15) is 0 Å². The Labute approximate surface area is 187 Å². The summed E-state index contributed by atoms with van der Waals surface area (Å²) in [4.78, 5) is 31.0. The lowest BCUT2D eigenvalue weighted by atomic mass is 10.0. The van der Waals surface area contributed by atoms with Crippen LogP contribution in [0.4, 0.5) is 4.39 Å². The van der Waals surface area contributed by atoms with Crippen LogP contribution in [-0.2, 0) is 6.54 Å². The Kier molecular flexibility index (Phi) is 5.21. The third kappa shape index (κ3) is 3.76. The zero-order valence-corrected chi connectivity index (χ0v) is 17.7. The number of carbonyl (C=O) groups excluding carboxylic acids is 1. The third-order valence-corrected chi connectivity index (χ3v) is 6.23. The van der Waals surface area contributed by atoms with Gasteiger partial charge in [-0.1, -0.05) is 66.7 Å². The lowest BCUT2D eigenvalue weighted by molar-refractivity contribution is 0.0970. The summed E-state index contributed by atoms with van der Waals surface area (Å²) >= 11 is 1.35. The Bertz CT molecular complexity index is 1470. The summed E-state index contributed by atoms with van der Waals surface area (Å²) in [6, 6.07) is 23.2. The number of nitrogens with zero attached hydrogens (tertiary/aromatic N) is 2. The highest BCUT2D eigenvalue weighted by Crippen LogP contribution is 2.30. The van der Waals surface area contributed by atoms with Crippen molar-refractivity contribution in [3.05, 3.63) is 112 Å². The molecule has 32 heavy (non-hydrogen) atoms. The molecule has 0 bridgehead atoms. The molecule has 0 unspecified atom stereocenters. The Morgan fingerprint density at radius 1 is 0.875 bits per heavy atom. The molecule has 0 saturated heterocycles. The summed E-state index contributed by atoms with van der Waals surface area (Å²) in [5.41, 5.74) is 3.76. The van der Waals surface area contributed by atoms with Crippen LogP contribution in [0.15, 0.2) is 95.4 Å². The molecule has 4 nitrogen and oxygen atoms in total. The van der Waals surface area contributed by atoms with E-state index in [9.17, 15) is 14.0 Å². The fraction of sp³-hybridized carbons (Fsp3) is 0.0385. The van der Waals surface area contributed by atoms with Gasteiger partial charge in [-0.25, -0.2) is 9.37 Å². The van der Waals surface area contributed by atoms with Crippen LogP contribution in [0, 0.1) is 5.82 Å². The molecule has 5 aromatic rings. The minimum atomic E-state index is -0.340. The summed E-state index contributed by atoms with van der Waals surface area (Å²) in [5.74, 6) is -0.515. The van der Waals surface area contributed by atoms with E-state index in [1.54, 1.807) is 24.3 Å². The zero-order chi connectivity index (χ0) is 22.1. The van der Waals surface area contributed by atoms with Crippen molar-refractivity contribution in [3.63, 3.8) is 0 Å². The first kappa shape index (κ1) is 20.0. The topological polar surface area (TPSA) is 52.0 Å². The number of fused-ring (bicyclic) bond motifs is 1. The van der Waals surface area contributed by atoms with E-state index < -0.39 is 0 Å². The summed E-state index contributed by atoms with van der Waals surface area (Å²) in [6.07, 6.45) is 1.41. The molecular weight excluding hydrogens is 423 g/mol. The highest BCUT2D eigenvalue weighted by molar-refractivity contribution is 7.17. The van der Waals surface area contributed by atoms with Gasteiger partial charge in [0.05, 0.1) is 18.3 Å². The van der Waals surface area contributed by atoms with Gasteiger partial charge in [-0.15, -0.1) is 11.3 Å². The van der Waals surface area contributed by atoms with Gasteiger partial charge < -0.3 is 0 Å². The quantitative estimate of drug-likeness (QED) is 0.324. The van der Waals surface area contributed by atoms with Crippen LogP contribution in [0.5, 0.6) is 0 Å². The molecule has 0 radical (unpaired) electrons. The standard InChI is InChI=1S/C26H17FN2O2S/c27-21-12-10-19(11-13-21)22-15-32-25-24(22)26(31)29(16-28-25)14-23(30)20-8-6-18(7-9-20)17-4-2-1-3-5-17/h1-13,15-16H,14H2. The molecule has 2 aromatic heterocycles. The first-order valence-electron chi connectivity index (χ1n) is 10.0. The van der Waals surface area contributed by atoms with E-state index in [2.05, 4.69) is 4.98 Å². The molecule has 0 aliphatic rings. The Balaban J connectivity index is 1.44. The number of benzene rings is 3. The Morgan fingerprint density at radius 2 is 1.53 bits per heavy atom. The van der Waals surface area contributed by atoms with E-state index in [1.165, 1.54) is 34.4 Å². The average Bonchev–Trinajstić information content (AvgIpc) is 3.27. The van der Waals surface area contributed by atoms with Gasteiger partial charge in [0.25, 0.3) is 5.56 Å². The molecule has 6 heteroatoms. The van der Waals surface area contributed by atoms with Gasteiger partial charge in [-0.3, -0.25) is 14.2 Å². The summed E-state index contributed by atoms with van der Waals surface area (Å²) in [6.45, 7) is -0.106. The van der Waals surface area contributed by atoms with E-state index in [-0.39, 0.29) is 23.7 Å². The van der Waals surface area contributed by atoms with Crippen molar-refractivity contribution in [2.45, 2.75) is 6.54 Å². The van der Waals surface area contributed by atoms with Crippen molar-refractivity contribution in [3.8, 4) is 22.3 Å². The number of carbonyl (C=O) groups is 1. The van der Waals surface area contributed by atoms with Crippen LogP contribution in [-0.4, -0.2) is 15.3 Å². The molecule has 0 saturated carbocycles. The maximum Gasteiger partial charge on any atom is 0.263 e. The van der Waals surface area contributed by atoms with E-state index in [0.29, 0.717) is 21.3 Å². The molecule has 0 spiro atoms. The molecule has 0 N–H and O–H groups in total. The predicted octanol–water partition coefficient (Wildman–Crippen LogP) is 5.81. The average molecular weight is 440 g/mol. The lowest BCUT2D eigenvalue weighted by Gasteiger charge is -2.07. The van der Waals surface area contributed by atoms with Crippen molar-refractivity contribution < 1.29 is 9.18 Å². The second kappa shape index (κ2) is 8.32. The van der Waals surface area contributed by atoms with Crippen molar-refractivity contribution in [1.29, 1.82) is 0 Å². The van der Waals surface area contributed by atoms with E-state index in [1.807, 2.05) is 47.8 Å². The number of thiophene rings is 1. The van der Waals surface area contributed by atoms with Crippen LogP contribution in [0.2, 0.25) is 0 Å². The monoisotopic (exact) mass is 440 g/mol. The molecule has 0 aliphatic carbocycles. The fourth-order valence-electron chi connectivity index (χ4n) is 3.65. The van der Waals surface area contributed by atoms with Gasteiger partial charge in [0.1, 0.15) is 10.6 Å². The molecule has 156 valence electrons. The molecule has 0 amide bonds.